The molecule has 0 aromatic carbocycles. The molecule has 0 bridgehead atoms. The molecular formula is C12H21N3O3. The van der Waals surface area contributed by atoms with Gasteiger partial charge in [0.1, 0.15) is 11.6 Å². The van der Waals surface area contributed by atoms with Crippen molar-refractivity contribution in [2.75, 3.05) is 32.8 Å². The molecule has 0 spiro atoms. The summed E-state index contributed by atoms with van der Waals surface area (Å²) in [4.78, 5) is 13.2. The molecule has 18 heavy (non-hydrogen) atoms. The van der Waals surface area contributed by atoms with Crippen LogP contribution >= 0.6 is 0 Å². The smallest absolute Gasteiger partial charge is 0.263 e. The van der Waals surface area contributed by atoms with E-state index < -0.39 is 5.91 Å². The van der Waals surface area contributed by atoms with E-state index in [1.807, 2.05) is 13.0 Å². The maximum Gasteiger partial charge on any atom is 0.263 e. The Morgan fingerprint density at radius 3 is 2.44 bits per heavy atom. The van der Waals surface area contributed by atoms with Gasteiger partial charge in [-0.2, -0.15) is 5.26 Å². The summed E-state index contributed by atoms with van der Waals surface area (Å²) in [6, 6.07) is 1.82. The number of hydrogen-bond acceptors (Lipinski definition) is 5. The first kappa shape index (κ1) is 16.4. The Kier molecular flexibility index (Phi) is 9.64. The van der Waals surface area contributed by atoms with Crippen LogP contribution in [0, 0.1) is 11.3 Å². The molecule has 0 saturated heterocycles. The van der Waals surface area contributed by atoms with Crippen molar-refractivity contribution < 1.29 is 15.0 Å². The summed E-state index contributed by atoms with van der Waals surface area (Å²) in [7, 11) is 0. The number of rotatable bonds is 9. The Morgan fingerprint density at radius 2 is 2.00 bits per heavy atom. The fourth-order valence-electron chi connectivity index (χ4n) is 1.29. The van der Waals surface area contributed by atoms with Gasteiger partial charge in [-0.25, -0.2) is 0 Å². The van der Waals surface area contributed by atoms with E-state index in [1.54, 1.807) is 0 Å². The summed E-state index contributed by atoms with van der Waals surface area (Å²) >= 11 is 0. The lowest BCUT2D eigenvalue weighted by atomic mass is 10.2. The maximum atomic E-state index is 11.6. The van der Waals surface area contributed by atoms with Gasteiger partial charge in [0.2, 0.25) is 0 Å². The fraction of sp³-hybridized carbons (Fsp3) is 0.667. The minimum absolute atomic E-state index is 0.0204. The molecule has 0 fully saturated rings. The van der Waals surface area contributed by atoms with Crippen molar-refractivity contribution in [1.82, 2.24) is 10.2 Å². The summed E-state index contributed by atoms with van der Waals surface area (Å²) in [5.41, 5.74) is -0.0204. The summed E-state index contributed by atoms with van der Waals surface area (Å²) in [6.07, 6.45) is 3.20. The highest BCUT2D eigenvalue weighted by Gasteiger charge is 2.10. The van der Waals surface area contributed by atoms with Crippen LogP contribution in [0.3, 0.4) is 0 Å². The lowest BCUT2D eigenvalue weighted by Gasteiger charge is -2.18. The SMILES string of the molecule is CCCCNC(=O)/C(C#N)=C\N(CCO)CCO. The van der Waals surface area contributed by atoms with Gasteiger partial charge in [0.25, 0.3) is 5.91 Å². The van der Waals surface area contributed by atoms with E-state index in [1.165, 1.54) is 11.1 Å². The number of carbonyl (C=O) groups is 1. The van der Waals surface area contributed by atoms with E-state index >= 15 is 0 Å². The molecule has 0 saturated carbocycles. The third-order valence-electron chi connectivity index (χ3n) is 2.27. The van der Waals surface area contributed by atoms with E-state index in [9.17, 15) is 4.79 Å². The second kappa shape index (κ2) is 10.6. The van der Waals surface area contributed by atoms with Gasteiger partial charge in [-0.1, -0.05) is 13.3 Å². The van der Waals surface area contributed by atoms with E-state index in [0.717, 1.165) is 12.8 Å². The van der Waals surface area contributed by atoms with Crippen LogP contribution < -0.4 is 5.32 Å². The molecule has 0 aliphatic heterocycles. The number of nitriles is 1. The van der Waals surface area contributed by atoms with Crippen molar-refractivity contribution in [3.05, 3.63) is 11.8 Å². The van der Waals surface area contributed by atoms with Crippen LogP contribution in [-0.4, -0.2) is 53.9 Å². The van der Waals surface area contributed by atoms with E-state index in [2.05, 4.69) is 5.32 Å². The molecule has 6 heteroatoms. The summed E-state index contributed by atoms with van der Waals surface area (Å²) < 4.78 is 0. The zero-order valence-corrected chi connectivity index (χ0v) is 10.7. The van der Waals surface area contributed by atoms with Crippen molar-refractivity contribution in [3.63, 3.8) is 0 Å². The van der Waals surface area contributed by atoms with E-state index in [0.29, 0.717) is 6.54 Å². The molecule has 0 aromatic rings. The molecule has 0 atom stereocenters. The first-order valence-electron chi connectivity index (χ1n) is 6.05. The average molecular weight is 255 g/mol. The maximum absolute atomic E-state index is 11.6. The second-order valence-corrected chi connectivity index (χ2v) is 3.75. The van der Waals surface area contributed by atoms with Gasteiger partial charge >= 0.3 is 0 Å². The molecule has 0 aromatic heterocycles. The van der Waals surface area contributed by atoms with Crippen molar-refractivity contribution in [1.29, 1.82) is 5.26 Å². The second-order valence-electron chi connectivity index (χ2n) is 3.75. The minimum Gasteiger partial charge on any atom is -0.395 e. The van der Waals surface area contributed by atoms with Gasteiger partial charge in [0, 0.05) is 25.8 Å². The van der Waals surface area contributed by atoms with Gasteiger partial charge in [-0.05, 0) is 6.42 Å². The first-order chi connectivity index (χ1) is 8.69. The highest BCUT2D eigenvalue weighted by molar-refractivity contribution is 5.97. The number of nitrogens with one attached hydrogen (secondary N) is 1. The van der Waals surface area contributed by atoms with Crippen molar-refractivity contribution >= 4 is 5.91 Å². The van der Waals surface area contributed by atoms with Gasteiger partial charge in [-0.15, -0.1) is 0 Å². The topological polar surface area (TPSA) is 96.6 Å². The van der Waals surface area contributed by atoms with Crippen molar-refractivity contribution in [2.45, 2.75) is 19.8 Å². The predicted octanol–water partition coefficient (Wildman–Crippen LogP) is -0.403. The Balaban J connectivity index is 4.51. The van der Waals surface area contributed by atoms with Gasteiger partial charge in [-0.3, -0.25) is 4.79 Å². The summed E-state index contributed by atoms with van der Waals surface area (Å²) in [5.74, 6) is -0.424. The highest BCUT2D eigenvalue weighted by Crippen LogP contribution is 1.98. The molecule has 0 aliphatic rings. The zero-order chi connectivity index (χ0) is 13.8. The molecule has 0 aliphatic carbocycles. The predicted molar refractivity (Wildman–Crippen MR) is 67.4 cm³/mol. The van der Waals surface area contributed by atoms with Gasteiger partial charge < -0.3 is 20.4 Å². The van der Waals surface area contributed by atoms with Crippen molar-refractivity contribution in [2.24, 2.45) is 0 Å². The van der Waals surface area contributed by atoms with Crippen LogP contribution in [0.5, 0.6) is 0 Å². The Hall–Kier alpha value is -1.58. The van der Waals surface area contributed by atoms with Gasteiger partial charge in [0.05, 0.1) is 13.2 Å². The fourth-order valence-corrected chi connectivity index (χ4v) is 1.29. The standard InChI is InChI=1S/C12H21N3O3/c1-2-3-4-14-12(18)11(9-13)10-15(5-7-16)6-8-17/h10,16-17H,2-8H2,1H3,(H,14,18)/b11-10-. The molecule has 3 N–H and O–H groups in total. The number of nitrogens with zero attached hydrogens (tertiary/aromatic N) is 2. The number of aliphatic hydroxyl groups excluding tert-OH is 2. The average Bonchev–Trinajstić information content (AvgIpc) is 2.36. The molecule has 102 valence electrons. The Morgan fingerprint density at radius 1 is 1.39 bits per heavy atom. The number of aliphatic hydroxyl groups is 2. The quantitative estimate of drug-likeness (QED) is 0.296. The normalized spacial score (nSPS) is 10.9. The molecule has 0 heterocycles. The van der Waals surface area contributed by atoms with Gasteiger partial charge in [0.15, 0.2) is 0 Å². The molecule has 1 amide bonds. The first-order valence-corrected chi connectivity index (χ1v) is 6.05. The van der Waals surface area contributed by atoms with Crippen LogP contribution in [0.15, 0.2) is 11.8 Å². The van der Waals surface area contributed by atoms with Crippen LogP contribution in [0.25, 0.3) is 0 Å². The number of amides is 1. The van der Waals surface area contributed by atoms with Crippen LogP contribution in [0.4, 0.5) is 0 Å². The number of hydrogen-bond donors (Lipinski definition) is 3. The Labute approximate surface area is 108 Å². The Bertz CT molecular complexity index is 304. The summed E-state index contributed by atoms with van der Waals surface area (Å²) in [6.45, 7) is 2.88. The number of unbranched alkanes of at least 4 members (excludes halogenated alkanes) is 1. The zero-order valence-electron chi connectivity index (χ0n) is 10.7. The molecule has 0 rings (SSSR count). The molecule has 6 nitrogen and oxygen atoms in total. The monoisotopic (exact) mass is 255 g/mol. The van der Waals surface area contributed by atoms with E-state index in [-0.39, 0.29) is 31.9 Å². The molecular weight excluding hydrogens is 234 g/mol. The minimum atomic E-state index is -0.424. The lowest BCUT2D eigenvalue weighted by Crippen LogP contribution is -2.29. The largest absolute Gasteiger partial charge is 0.395 e. The summed E-state index contributed by atoms with van der Waals surface area (Å²) in [5, 5.41) is 29.2. The van der Waals surface area contributed by atoms with Crippen LogP contribution in [0.2, 0.25) is 0 Å². The van der Waals surface area contributed by atoms with Crippen molar-refractivity contribution in [3.8, 4) is 6.07 Å². The highest BCUT2D eigenvalue weighted by atomic mass is 16.3. The third-order valence-corrected chi connectivity index (χ3v) is 2.27. The molecule has 0 radical (unpaired) electrons. The molecule has 0 unspecified atom stereocenters. The van der Waals surface area contributed by atoms with Crippen LogP contribution in [0.1, 0.15) is 19.8 Å². The van der Waals surface area contributed by atoms with E-state index in [4.69, 9.17) is 15.5 Å². The third kappa shape index (κ3) is 6.89. The number of carbonyl (C=O) groups excluding carboxylic acids is 1. The lowest BCUT2D eigenvalue weighted by molar-refractivity contribution is -0.117. The van der Waals surface area contributed by atoms with Crippen LogP contribution in [-0.2, 0) is 4.79 Å².